The van der Waals surface area contributed by atoms with Gasteiger partial charge in [-0.3, -0.25) is 9.59 Å². The lowest BCUT2D eigenvalue weighted by molar-refractivity contribution is -0.137. The fourth-order valence-electron chi connectivity index (χ4n) is 4.32. The Morgan fingerprint density at radius 3 is 2.12 bits per heavy atom. The molecule has 0 radical (unpaired) electrons. The maximum absolute atomic E-state index is 12.7. The minimum Gasteiger partial charge on any atom is -0.481 e. The lowest BCUT2D eigenvalue weighted by Gasteiger charge is -2.22. The Hall–Kier alpha value is -3.35. The number of unbranched alkanes of at least 4 members (excludes halogenated alkanes) is 1. The summed E-state index contributed by atoms with van der Waals surface area (Å²) in [5, 5.41) is 14.5. The van der Waals surface area contributed by atoms with E-state index in [0.29, 0.717) is 12.8 Å². The number of carbonyl (C=O) groups is 3. The largest absolute Gasteiger partial charge is 0.481 e. The number of amides is 2. The van der Waals surface area contributed by atoms with Gasteiger partial charge >= 0.3 is 12.1 Å². The van der Waals surface area contributed by atoms with Gasteiger partial charge < -0.3 is 20.5 Å². The highest BCUT2D eigenvalue weighted by Crippen LogP contribution is 2.44. The highest BCUT2D eigenvalue weighted by Gasteiger charge is 2.30. The number of benzene rings is 2. The number of alkyl carbamates (subject to hydrolysis) is 1. The Morgan fingerprint density at radius 2 is 1.58 bits per heavy atom. The molecule has 176 valence electrons. The van der Waals surface area contributed by atoms with Gasteiger partial charge in [-0.25, -0.2) is 4.79 Å². The summed E-state index contributed by atoms with van der Waals surface area (Å²) < 4.78 is 5.53. The summed E-state index contributed by atoms with van der Waals surface area (Å²) in [6.45, 7) is 3.95. The van der Waals surface area contributed by atoms with E-state index in [4.69, 9.17) is 9.84 Å². The van der Waals surface area contributed by atoms with Crippen molar-refractivity contribution in [2.75, 3.05) is 6.61 Å². The van der Waals surface area contributed by atoms with Crippen LogP contribution in [0.4, 0.5) is 4.79 Å². The summed E-state index contributed by atoms with van der Waals surface area (Å²) in [6.07, 6.45) is 1.85. The summed E-state index contributed by atoms with van der Waals surface area (Å²) in [4.78, 5) is 36.3. The van der Waals surface area contributed by atoms with Crippen LogP contribution in [0.15, 0.2) is 48.5 Å². The summed E-state index contributed by atoms with van der Waals surface area (Å²) in [7, 11) is 0. The number of hydrogen-bond acceptors (Lipinski definition) is 4. The van der Waals surface area contributed by atoms with Crippen molar-refractivity contribution in [3.05, 3.63) is 59.7 Å². The molecule has 2 amide bonds. The van der Waals surface area contributed by atoms with E-state index in [-0.39, 0.29) is 18.9 Å². The maximum Gasteiger partial charge on any atom is 0.407 e. The van der Waals surface area contributed by atoms with Crippen molar-refractivity contribution in [2.24, 2.45) is 0 Å². The van der Waals surface area contributed by atoms with Crippen molar-refractivity contribution in [3.8, 4) is 11.1 Å². The van der Waals surface area contributed by atoms with Crippen LogP contribution in [0.5, 0.6) is 0 Å². The minimum atomic E-state index is -0.964. The molecule has 0 bridgehead atoms. The molecule has 3 rings (SSSR count). The van der Waals surface area contributed by atoms with E-state index in [1.165, 1.54) is 0 Å². The zero-order valence-electron chi connectivity index (χ0n) is 19.2. The lowest BCUT2D eigenvalue weighted by atomic mass is 9.98. The number of aliphatic carboxylic acids is 1. The van der Waals surface area contributed by atoms with Gasteiger partial charge in [0.1, 0.15) is 12.6 Å². The predicted molar refractivity (Wildman–Crippen MR) is 126 cm³/mol. The van der Waals surface area contributed by atoms with Crippen molar-refractivity contribution in [3.63, 3.8) is 0 Å². The van der Waals surface area contributed by atoms with Crippen LogP contribution in [-0.2, 0) is 14.3 Å². The van der Waals surface area contributed by atoms with Crippen molar-refractivity contribution in [1.29, 1.82) is 0 Å². The molecule has 0 fully saturated rings. The molecule has 0 heterocycles. The van der Waals surface area contributed by atoms with E-state index in [0.717, 1.165) is 35.1 Å². The first-order chi connectivity index (χ1) is 15.9. The first-order valence-corrected chi connectivity index (χ1v) is 11.6. The van der Waals surface area contributed by atoms with E-state index in [1.54, 1.807) is 6.92 Å². The number of carboxylic acids is 1. The third-order valence-electron chi connectivity index (χ3n) is 6.03. The molecule has 2 aromatic carbocycles. The van der Waals surface area contributed by atoms with Crippen LogP contribution >= 0.6 is 0 Å². The lowest BCUT2D eigenvalue weighted by Crippen LogP contribution is -2.50. The molecular weight excluding hydrogens is 420 g/mol. The summed E-state index contributed by atoms with van der Waals surface area (Å²) >= 11 is 0. The minimum absolute atomic E-state index is 0.0638. The quantitative estimate of drug-likeness (QED) is 0.467. The Labute approximate surface area is 194 Å². The zero-order chi connectivity index (χ0) is 23.8. The van der Waals surface area contributed by atoms with Crippen LogP contribution in [0.25, 0.3) is 11.1 Å². The van der Waals surface area contributed by atoms with Gasteiger partial charge in [0.2, 0.25) is 5.91 Å². The van der Waals surface area contributed by atoms with Crippen molar-refractivity contribution in [1.82, 2.24) is 10.6 Å². The second kappa shape index (κ2) is 11.5. The van der Waals surface area contributed by atoms with Gasteiger partial charge in [0.05, 0.1) is 6.42 Å². The Kier molecular flexibility index (Phi) is 8.46. The molecule has 0 aliphatic heterocycles. The van der Waals surface area contributed by atoms with E-state index in [1.807, 2.05) is 43.3 Å². The highest BCUT2D eigenvalue weighted by atomic mass is 16.5. The zero-order valence-corrected chi connectivity index (χ0v) is 19.2. The first kappa shape index (κ1) is 24.3. The number of ether oxygens (including phenoxy) is 1. The molecule has 3 N–H and O–H groups in total. The molecular formula is C26H32N2O5. The third-order valence-corrected chi connectivity index (χ3v) is 6.03. The van der Waals surface area contributed by atoms with E-state index in [2.05, 4.69) is 22.8 Å². The van der Waals surface area contributed by atoms with Crippen LogP contribution in [0.1, 0.15) is 63.0 Å². The topological polar surface area (TPSA) is 105 Å². The number of rotatable bonds is 11. The van der Waals surface area contributed by atoms with Gasteiger partial charge in [-0.2, -0.15) is 0 Å². The van der Waals surface area contributed by atoms with Gasteiger partial charge in [-0.05, 0) is 35.1 Å². The Bertz CT molecular complexity index is 945. The van der Waals surface area contributed by atoms with E-state index in [9.17, 15) is 14.4 Å². The number of fused-ring (bicyclic) bond motifs is 3. The molecule has 7 heteroatoms. The fourth-order valence-corrected chi connectivity index (χ4v) is 4.32. The maximum atomic E-state index is 12.7. The SMILES string of the molecule is CCCCC(CC(=O)O)NC(=O)[C@@H](CC)NC(=O)OCC1c2ccccc2-c2ccccc21. The predicted octanol–water partition coefficient (Wildman–Crippen LogP) is 4.45. The van der Waals surface area contributed by atoms with Gasteiger partial charge in [0, 0.05) is 12.0 Å². The molecule has 1 aliphatic rings. The Balaban J connectivity index is 1.59. The van der Waals surface area contributed by atoms with Crippen molar-refractivity contribution < 1.29 is 24.2 Å². The summed E-state index contributed by atoms with van der Waals surface area (Å²) in [5.41, 5.74) is 4.52. The molecule has 0 spiro atoms. The fraction of sp³-hybridized carbons (Fsp3) is 0.423. The summed E-state index contributed by atoms with van der Waals surface area (Å²) in [5.74, 6) is -1.42. The smallest absolute Gasteiger partial charge is 0.407 e. The third kappa shape index (κ3) is 6.12. The molecule has 0 aromatic heterocycles. The van der Waals surface area contributed by atoms with Gasteiger partial charge in [-0.15, -0.1) is 0 Å². The van der Waals surface area contributed by atoms with Crippen molar-refractivity contribution >= 4 is 18.0 Å². The van der Waals surface area contributed by atoms with Gasteiger partial charge in [0.15, 0.2) is 0 Å². The highest BCUT2D eigenvalue weighted by molar-refractivity contribution is 5.86. The van der Waals surface area contributed by atoms with E-state index >= 15 is 0 Å². The number of nitrogens with one attached hydrogen (secondary N) is 2. The van der Waals surface area contributed by atoms with Crippen LogP contribution in [0.2, 0.25) is 0 Å². The first-order valence-electron chi connectivity index (χ1n) is 11.6. The Morgan fingerprint density at radius 1 is 0.970 bits per heavy atom. The second-order valence-corrected chi connectivity index (χ2v) is 8.38. The molecule has 1 aliphatic carbocycles. The molecule has 0 saturated heterocycles. The average molecular weight is 453 g/mol. The van der Waals surface area contributed by atoms with E-state index < -0.39 is 30.1 Å². The molecule has 1 unspecified atom stereocenters. The number of carbonyl (C=O) groups excluding carboxylic acids is 2. The standard InChI is InChI=1S/C26H32N2O5/c1-3-5-10-17(15-24(29)30)27-25(31)23(4-2)28-26(32)33-16-22-20-13-8-6-11-18(20)19-12-7-9-14-21(19)22/h6-9,11-14,17,22-23H,3-5,10,15-16H2,1-2H3,(H,27,31)(H,28,32)(H,29,30)/t17?,23-/m1/s1. The van der Waals surface area contributed by atoms with Crippen LogP contribution < -0.4 is 10.6 Å². The average Bonchev–Trinajstić information content (AvgIpc) is 3.13. The van der Waals surface area contributed by atoms with Gasteiger partial charge in [-0.1, -0.05) is 75.2 Å². The molecule has 7 nitrogen and oxygen atoms in total. The number of carboxylic acid groups (broad SMARTS) is 1. The van der Waals surface area contributed by atoms with Crippen molar-refractivity contribution in [2.45, 2.75) is 64.0 Å². The van der Waals surface area contributed by atoms with Crippen LogP contribution in [0, 0.1) is 0 Å². The number of hydrogen-bond donors (Lipinski definition) is 3. The van der Waals surface area contributed by atoms with Gasteiger partial charge in [0.25, 0.3) is 0 Å². The monoisotopic (exact) mass is 452 g/mol. The van der Waals surface area contributed by atoms with Crippen LogP contribution in [-0.4, -0.2) is 41.8 Å². The normalized spacial score (nSPS) is 14.0. The molecule has 2 atom stereocenters. The molecule has 2 aromatic rings. The molecule has 0 saturated carbocycles. The van der Waals surface area contributed by atoms with Crippen LogP contribution in [0.3, 0.4) is 0 Å². The second-order valence-electron chi connectivity index (χ2n) is 8.38. The summed E-state index contributed by atoms with van der Waals surface area (Å²) in [6, 6.07) is 14.9. The molecule has 33 heavy (non-hydrogen) atoms.